The number of aliphatic hydroxyl groups is 1. The summed E-state index contributed by atoms with van der Waals surface area (Å²) in [5.74, 6) is 0.688. The Kier molecular flexibility index (Phi) is 3.46. The fraction of sp³-hybridized carbons (Fsp3) is 0.0556. The molecule has 0 bridgehead atoms. The van der Waals surface area contributed by atoms with Crippen molar-refractivity contribution in [2.24, 2.45) is 5.10 Å². The number of aliphatic hydroxyl groups excluding tert-OH is 1. The number of hydrogen-bond donors (Lipinski definition) is 4. The number of phenolic OH excluding ortho intramolecular Hbond substituents is 1. The third-order valence-corrected chi connectivity index (χ3v) is 3.93. The van der Waals surface area contributed by atoms with Gasteiger partial charge in [0.05, 0.1) is 17.2 Å². The number of aromatic hydroxyl groups is 1. The number of para-hydroxylation sites is 2. The number of aromatic nitrogens is 2. The van der Waals surface area contributed by atoms with Crippen LogP contribution in [0.2, 0.25) is 0 Å². The first-order valence-corrected chi connectivity index (χ1v) is 7.68. The van der Waals surface area contributed by atoms with E-state index in [4.69, 9.17) is 5.41 Å². The van der Waals surface area contributed by atoms with Crippen molar-refractivity contribution in [2.45, 2.75) is 0 Å². The molecule has 25 heavy (non-hydrogen) atoms. The van der Waals surface area contributed by atoms with E-state index < -0.39 is 0 Å². The van der Waals surface area contributed by atoms with Gasteiger partial charge in [-0.15, -0.1) is 0 Å². The van der Waals surface area contributed by atoms with E-state index in [2.05, 4.69) is 15.1 Å². The van der Waals surface area contributed by atoms with Crippen molar-refractivity contribution in [1.82, 2.24) is 15.0 Å². The van der Waals surface area contributed by atoms with Crippen LogP contribution in [0, 0.1) is 5.41 Å². The molecular weight excluding hydrogens is 318 g/mol. The van der Waals surface area contributed by atoms with Crippen LogP contribution in [0.25, 0.3) is 16.6 Å². The lowest BCUT2D eigenvalue weighted by atomic mass is 10.2. The second kappa shape index (κ2) is 5.79. The average Bonchev–Trinajstić information content (AvgIpc) is 3.13. The van der Waals surface area contributed by atoms with Crippen LogP contribution >= 0.6 is 0 Å². The van der Waals surface area contributed by atoms with Gasteiger partial charge >= 0.3 is 0 Å². The Morgan fingerprint density at radius 2 is 2.00 bits per heavy atom. The Hall–Kier alpha value is -3.61. The van der Waals surface area contributed by atoms with Crippen molar-refractivity contribution in [1.29, 1.82) is 5.41 Å². The van der Waals surface area contributed by atoms with Crippen LogP contribution in [0.4, 0.5) is 0 Å². The number of phenols is 1. The van der Waals surface area contributed by atoms with Crippen molar-refractivity contribution in [3.63, 3.8) is 0 Å². The lowest BCUT2D eigenvalue weighted by molar-refractivity contribution is 0.358. The normalized spacial score (nSPS) is 15.0. The topological polar surface area (TPSA) is 109 Å². The molecule has 4 N–H and O–H groups in total. The Morgan fingerprint density at radius 3 is 2.80 bits per heavy atom. The fourth-order valence-electron chi connectivity index (χ4n) is 2.73. The number of benzene rings is 2. The molecule has 0 amide bonds. The zero-order chi connectivity index (χ0) is 17.4. The van der Waals surface area contributed by atoms with Gasteiger partial charge in [0.15, 0.2) is 5.84 Å². The van der Waals surface area contributed by atoms with Gasteiger partial charge < -0.3 is 15.2 Å². The van der Waals surface area contributed by atoms with Crippen LogP contribution in [0.3, 0.4) is 0 Å². The number of rotatable bonds is 3. The molecule has 0 radical (unpaired) electrons. The molecule has 1 aromatic heterocycles. The van der Waals surface area contributed by atoms with Crippen LogP contribution in [0.1, 0.15) is 11.4 Å². The average molecular weight is 333 g/mol. The van der Waals surface area contributed by atoms with Crippen molar-refractivity contribution in [3.8, 4) is 5.75 Å². The van der Waals surface area contributed by atoms with Crippen molar-refractivity contribution >= 4 is 28.7 Å². The summed E-state index contributed by atoms with van der Waals surface area (Å²) in [6.07, 6.45) is 1.53. The zero-order valence-electron chi connectivity index (χ0n) is 13.1. The number of fused-ring (bicyclic) bond motifs is 1. The van der Waals surface area contributed by atoms with Crippen LogP contribution in [-0.4, -0.2) is 43.8 Å². The molecular formula is C18H15N5O2. The number of nitrogens with one attached hydrogen (secondary N) is 2. The van der Waals surface area contributed by atoms with E-state index in [1.807, 2.05) is 24.3 Å². The van der Waals surface area contributed by atoms with E-state index in [9.17, 15) is 10.2 Å². The number of H-pyrrole nitrogens is 1. The Bertz CT molecular complexity index is 1000. The molecule has 0 spiro atoms. The highest BCUT2D eigenvalue weighted by Gasteiger charge is 2.30. The molecule has 3 aromatic rings. The second-order valence-corrected chi connectivity index (χ2v) is 5.67. The van der Waals surface area contributed by atoms with Crippen LogP contribution in [0.5, 0.6) is 5.75 Å². The highest BCUT2D eigenvalue weighted by molar-refractivity contribution is 6.23. The fourth-order valence-corrected chi connectivity index (χ4v) is 2.73. The summed E-state index contributed by atoms with van der Waals surface area (Å²) in [5.41, 5.74) is 2.65. The molecule has 1 aliphatic rings. The summed E-state index contributed by atoms with van der Waals surface area (Å²) >= 11 is 0. The summed E-state index contributed by atoms with van der Waals surface area (Å²) in [7, 11) is 0. The number of aromatic amines is 1. The van der Waals surface area contributed by atoms with Crippen molar-refractivity contribution in [2.75, 3.05) is 6.54 Å². The van der Waals surface area contributed by atoms with Crippen LogP contribution in [-0.2, 0) is 0 Å². The lowest BCUT2D eigenvalue weighted by Crippen LogP contribution is -2.20. The molecule has 1 aliphatic heterocycles. The zero-order valence-corrected chi connectivity index (χ0v) is 13.1. The number of imidazole rings is 1. The molecule has 0 fully saturated rings. The predicted molar refractivity (Wildman–Crippen MR) is 95.8 cm³/mol. The highest BCUT2D eigenvalue weighted by Crippen LogP contribution is 2.27. The molecule has 2 heterocycles. The maximum atomic E-state index is 10.3. The molecule has 7 heteroatoms. The first-order valence-electron chi connectivity index (χ1n) is 7.68. The summed E-state index contributed by atoms with van der Waals surface area (Å²) in [5, 5.41) is 33.7. The van der Waals surface area contributed by atoms with Gasteiger partial charge in [-0.05, 0) is 29.8 Å². The molecule has 0 unspecified atom stereocenters. The summed E-state index contributed by atoms with van der Waals surface area (Å²) in [6.45, 7) is 0.0977. The first-order chi connectivity index (χ1) is 12.1. The van der Waals surface area contributed by atoms with Gasteiger partial charge in [0, 0.05) is 0 Å². The standard InChI is InChI=1S/C18H15N5O2/c19-17-16(18-21-13-6-1-2-7-14(13)22-18)15(25)10-23(17)20-9-11-4-3-5-12(24)8-11/h1-9,19,24-25H,10H2,(H,21,22)/b19-17?,20-9-. The maximum absolute atomic E-state index is 10.3. The summed E-state index contributed by atoms with van der Waals surface area (Å²) in [4.78, 5) is 7.55. The molecule has 0 saturated heterocycles. The molecule has 0 aliphatic carbocycles. The number of hydrogen-bond acceptors (Lipinski definition) is 5. The lowest BCUT2D eigenvalue weighted by Gasteiger charge is -2.11. The van der Waals surface area contributed by atoms with Gasteiger partial charge in [0.1, 0.15) is 29.5 Å². The number of amidine groups is 1. The minimum atomic E-state index is 0.0390. The highest BCUT2D eigenvalue weighted by atomic mass is 16.3. The second-order valence-electron chi connectivity index (χ2n) is 5.67. The third kappa shape index (κ3) is 2.72. The monoisotopic (exact) mass is 333 g/mol. The van der Waals surface area contributed by atoms with Crippen molar-refractivity contribution in [3.05, 3.63) is 65.7 Å². The first kappa shape index (κ1) is 14.9. The molecule has 2 aromatic carbocycles. The van der Waals surface area contributed by atoms with E-state index in [0.717, 1.165) is 11.0 Å². The maximum Gasteiger partial charge on any atom is 0.156 e. The van der Waals surface area contributed by atoms with Crippen LogP contribution in [0.15, 0.2) is 59.4 Å². The summed E-state index contributed by atoms with van der Waals surface area (Å²) in [6, 6.07) is 14.2. The van der Waals surface area contributed by atoms with E-state index in [1.165, 1.54) is 11.2 Å². The SMILES string of the molecule is N=C1C(c2nc3ccccc3[nH]2)=C(O)CN1/N=C\c1cccc(O)c1. The minimum Gasteiger partial charge on any atom is -0.509 e. The van der Waals surface area contributed by atoms with E-state index in [1.54, 1.807) is 24.3 Å². The predicted octanol–water partition coefficient (Wildman–Crippen LogP) is 2.86. The third-order valence-electron chi connectivity index (χ3n) is 3.93. The van der Waals surface area contributed by atoms with Gasteiger partial charge in [0.25, 0.3) is 0 Å². The Labute approximate surface area is 143 Å². The molecule has 7 nitrogen and oxygen atoms in total. The quantitative estimate of drug-likeness (QED) is 0.553. The van der Waals surface area contributed by atoms with E-state index in [-0.39, 0.29) is 23.9 Å². The molecule has 0 atom stereocenters. The molecule has 124 valence electrons. The van der Waals surface area contributed by atoms with Gasteiger partial charge in [-0.3, -0.25) is 5.41 Å². The van der Waals surface area contributed by atoms with E-state index >= 15 is 0 Å². The van der Waals surface area contributed by atoms with Gasteiger partial charge in [0.2, 0.25) is 0 Å². The van der Waals surface area contributed by atoms with Gasteiger partial charge in [-0.1, -0.05) is 24.3 Å². The largest absolute Gasteiger partial charge is 0.509 e. The Morgan fingerprint density at radius 1 is 1.16 bits per heavy atom. The molecule has 4 rings (SSSR count). The molecule has 0 saturated carbocycles. The number of hydrazone groups is 1. The smallest absolute Gasteiger partial charge is 0.156 e. The Balaban J connectivity index is 1.61. The van der Waals surface area contributed by atoms with Gasteiger partial charge in [-0.25, -0.2) is 9.99 Å². The van der Waals surface area contributed by atoms with Gasteiger partial charge in [-0.2, -0.15) is 5.10 Å². The minimum absolute atomic E-state index is 0.0390. The van der Waals surface area contributed by atoms with Crippen molar-refractivity contribution < 1.29 is 10.2 Å². The van der Waals surface area contributed by atoms with Crippen LogP contribution < -0.4 is 0 Å². The summed E-state index contributed by atoms with van der Waals surface area (Å²) < 4.78 is 0. The number of nitrogens with zero attached hydrogens (tertiary/aromatic N) is 3. The van der Waals surface area contributed by atoms with E-state index in [0.29, 0.717) is 17.0 Å².